The number of aromatic nitrogens is 5. The minimum Gasteiger partial charge on any atom is -0.468 e. The Morgan fingerprint density at radius 2 is 1.71 bits per heavy atom. The molecule has 13 heteroatoms. The molecule has 0 amide bonds. The van der Waals surface area contributed by atoms with E-state index in [0.717, 1.165) is 23.4 Å². The van der Waals surface area contributed by atoms with Crippen LogP contribution in [0, 0.1) is 5.82 Å². The number of nitrogens with zero attached hydrogens (tertiary/aromatic N) is 5. The van der Waals surface area contributed by atoms with Crippen LogP contribution in [0.5, 0.6) is 0 Å². The van der Waals surface area contributed by atoms with E-state index in [1.54, 1.807) is 54.1 Å². The smallest absolute Gasteiger partial charge is 0.333 e. The minimum absolute atomic E-state index is 0.0231. The molecular formula is C25H23FN6O5S. The predicted molar refractivity (Wildman–Crippen MR) is 138 cm³/mol. The van der Waals surface area contributed by atoms with Crippen molar-refractivity contribution in [2.24, 2.45) is 7.05 Å². The molecule has 0 saturated carbocycles. The highest BCUT2D eigenvalue weighted by Gasteiger charge is 2.25. The van der Waals surface area contributed by atoms with Crippen LogP contribution in [0.15, 0.2) is 69.3 Å². The highest BCUT2D eigenvalue weighted by atomic mass is 32.2. The maximum atomic E-state index is 13.3. The molecule has 11 nitrogen and oxygen atoms in total. The van der Waals surface area contributed by atoms with Gasteiger partial charge < -0.3 is 15.0 Å². The minimum atomic E-state index is -0.988. The number of anilines is 1. The Hall–Kier alpha value is -4.52. The van der Waals surface area contributed by atoms with Gasteiger partial charge in [-0.05, 0) is 29.8 Å². The van der Waals surface area contributed by atoms with Crippen molar-refractivity contribution < 1.29 is 18.7 Å². The molecule has 2 heterocycles. The van der Waals surface area contributed by atoms with E-state index in [4.69, 9.17) is 5.73 Å². The number of ether oxygens (including phenoxy) is 1. The SMILES string of the molecule is COC(=O)Cn1c(=O)c(C(=O)CSc2nnc(-c3ccc(F)cc3)n2C)c(N)n(Cc2ccccc2)c1=O. The number of carbonyl (C=O) groups excluding carboxylic acids is 2. The van der Waals surface area contributed by atoms with Gasteiger partial charge in [-0.25, -0.2) is 13.8 Å². The number of hydrogen-bond donors (Lipinski definition) is 1. The summed E-state index contributed by atoms with van der Waals surface area (Å²) in [4.78, 5) is 51.5. The van der Waals surface area contributed by atoms with Crippen molar-refractivity contribution in [1.29, 1.82) is 0 Å². The van der Waals surface area contributed by atoms with E-state index in [-0.39, 0.29) is 23.9 Å². The second-order valence-electron chi connectivity index (χ2n) is 8.17. The summed E-state index contributed by atoms with van der Waals surface area (Å²) in [7, 11) is 2.81. The fraction of sp³-hybridized carbons (Fsp3) is 0.200. The average Bonchev–Trinajstić information content (AvgIpc) is 3.28. The quantitative estimate of drug-likeness (QED) is 0.191. The van der Waals surface area contributed by atoms with E-state index in [0.29, 0.717) is 26.7 Å². The molecule has 0 radical (unpaired) electrons. The molecular weight excluding hydrogens is 515 g/mol. The molecule has 2 N–H and O–H groups in total. The van der Waals surface area contributed by atoms with E-state index in [1.807, 2.05) is 0 Å². The summed E-state index contributed by atoms with van der Waals surface area (Å²) in [6, 6.07) is 14.6. The van der Waals surface area contributed by atoms with Crippen LogP contribution in [0.25, 0.3) is 11.4 Å². The summed E-state index contributed by atoms with van der Waals surface area (Å²) in [5, 5.41) is 8.55. The van der Waals surface area contributed by atoms with Gasteiger partial charge in [-0.15, -0.1) is 10.2 Å². The third kappa shape index (κ3) is 5.42. The lowest BCUT2D eigenvalue weighted by molar-refractivity contribution is -0.141. The maximum absolute atomic E-state index is 13.3. The average molecular weight is 539 g/mol. The predicted octanol–water partition coefficient (Wildman–Crippen LogP) is 1.72. The molecule has 0 aliphatic carbocycles. The summed E-state index contributed by atoms with van der Waals surface area (Å²) < 4.78 is 21.2. The highest BCUT2D eigenvalue weighted by Crippen LogP contribution is 2.24. The molecule has 0 atom stereocenters. The summed E-state index contributed by atoms with van der Waals surface area (Å²) >= 11 is 1.01. The summed E-state index contributed by atoms with van der Waals surface area (Å²) in [6.07, 6.45) is 0. The van der Waals surface area contributed by atoms with Crippen molar-refractivity contribution in [1.82, 2.24) is 23.9 Å². The molecule has 2 aromatic carbocycles. The zero-order valence-corrected chi connectivity index (χ0v) is 21.3. The van der Waals surface area contributed by atoms with E-state index in [1.165, 1.54) is 12.1 Å². The lowest BCUT2D eigenvalue weighted by Crippen LogP contribution is -2.45. The van der Waals surface area contributed by atoms with Gasteiger partial charge in [-0.2, -0.15) is 0 Å². The van der Waals surface area contributed by atoms with Crippen molar-refractivity contribution in [2.75, 3.05) is 18.6 Å². The lowest BCUT2D eigenvalue weighted by atomic mass is 10.2. The Balaban J connectivity index is 1.67. The number of Topliss-reactive ketones (excluding diaryl/α,β-unsaturated/α-hetero) is 1. The van der Waals surface area contributed by atoms with Crippen LogP contribution < -0.4 is 17.0 Å². The van der Waals surface area contributed by atoms with Gasteiger partial charge in [-0.3, -0.25) is 19.0 Å². The van der Waals surface area contributed by atoms with Crippen LogP contribution in [0.2, 0.25) is 0 Å². The van der Waals surface area contributed by atoms with Gasteiger partial charge in [0.25, 0.3) is 5.56 Å². The number of benzene rings is 2. The maximum Gasteiger partial charge on any atom is 0.333 e. The van der Waals surface area contributed by atoms with Crippen molar-refractivity contribution >= 4 is 29.3 Å². The number of halogens is 1. The molecule has 196 valence electrons. The molecule has 0 spiro atoms. The zero-order chi connectivity index (χ0) is 27.4. The molecule has 0 bridgehead atoms. The standard InChI is InChI=1S/C25H23FN6O5S/c1-30-22(16-8-10-17(26)11-9-16)28-29-24(30)38-14-18(33)20-21(27)31(12-15-6-4-3-5-7-15)25(36)32(23(20)35)13-19(34)37-2/h3-11H,12-14,27H2,1-2H3. The number of hydrogen-bond acceptors (Lipinski definition) is 9. The number of ketones is 1. The van der Waals surface area contributed by atoms with Crippen LogP contribution in [0.4, 0.5) is 10.2 Å². The molecule has 0 aliphatic heterocycles. The lowest BCUT2D eigenvalue weighted by Gasteiger charge is -2.16. The fourth-order valence-corrected chi connectivity index (χ4v) is 4.51. The first-order valence-corrected chi connectivity index (χ1v) is 12.2. The molecule has 4 aromatic rings. The van der Waals surface area contributed by atoms with Gasteiger partial charge in [0.05, 0.1) is 19.4 Å². The van der Waals surface area contributed by atoms with Crippen LogP contribution in [-0.2, 0) is 29.7 Å². The topological polar surface area (TPSA) is 144 Å². The molecule has 2 aromatic heterocycles. The van der Waals surface area contributed by atoms with Gasteiger partial charge in [-0.1, -0.05) is 42.1 Å². The Labute approximate surface area is 219 Å². The Morgan fingerprint density at radius 3 is 2.37 bits per heavy atom. The van der Waals surface area contributed by atoms with Crippen molar-refractivity contribution in [2.45, 2.75) is 18.2 Å². The number of carbonyl (C=O) groups is 2. The molecule has 38 heavy (non-hydrogen) atoms. The first-order valence-electron chi connectivity index (χ1n) is 11.3. The second kappa shape index (κ2) is 11.3. The van der Waals surface area contributed by atoms with Gasteiger partial charge in [0.15, 0.2) is 16.8 Å². The Kier molecular flexibility index (Phi) is 7.86. The normalized spacial score (nSPS) is 10.9. The Morgan fingerprint density at radius 1 is 1.03 bits per heavy atom. The first kappa shape index (κ1) is 26.5. The van der Waals surface area contributed by atoms with Crippen molar-refractivity contribution in [3.63, 3.8) is 0 Å². The van der Waals surface area contributed by atoms with Gasteiger partial charge in [0.1, 0.15) is 23.7 Å². The number of esters is 1. The molecule has 0 saturated heterocycles. The van der Waals surface area contributed by atoms with Crippen molar-refractivity contribution in [3.05, 3.63) is 92.4 Å². The molecule has 0 unspecified atom stereocenters. The van der Waals surface area contributed by atoms with Gasteiger partial charge in [0, 0.05) is 12.6 Å². The first-order chi connectivity index (χ1) is 18.2. The van der Waals surface area contributed by atoms with E-state index >= 15 is 0 Å². The van der Waals surface area contributed by atoms with Gasteiger partial charge >= 0.3 is 11.7 Å². The molecule has 0 fully saturated rings. The summed E-state index contributed by atoms with van der Waals surface area (Å²) in [6.45, 7) is -0.703. The van der Waals surface area contributed by atoms with E-state index < -0.39 is 35.1 Å². The number of thioether (sulfide) groups is 1. The fourth-order valence-electron chi connectivity index (χ4n) is 3.72. The number of nitrogens with two attached hydrogens (primary N) is 1. The summed E-state index contributed by atoms with van der Waals surface area (Å²) in [5.74, 6) is -1.99. The number of methoxy groups -OCH3 is 1. The van der Waals surface area contributed by atoms with E-state index in [9.17, 15) is 23.6 Å². The van der Waals surface area contributed by atoms with Crippen LogP contribution in [-0.4, -0.2) is 48.5 Å². The zero-order valence-electron chi connectivity index (χ0n) is 20.5. The third-order valence-corrected chi connectivity index (χ3v) is 6.73. The number of nitrogen functional groups attached to an aromatic ring is 1. The Bertz CT molecular complexity index is 1610. The van der Waals surface area contributed by atoms with Crippen LogP contribution in [0.3, 0.4) is 0 Å². The highest BCUT2D eigenvalue weighted by molar-refractivity contribution is 7.99. The van der Waals surface area contributed by atoms with Crippen LogP contribution in [0.1, 0.15) is 15.9 Å². The van der Waals surface area contributed by atoms with E-state index in [2.05, 4.69) is 14.9 Å². The molecule has 4 rings (SSSR count). The summed E-state index contributed by atoms with van der Waals surface area (Å²) in [5.41, 5.74) is 5.27. The van der Waals surface area contributed by atoms with Crippen LogP contribution >= 0.6 is 11.8 Å². The largest absolute Gasteiger partial charge is 0.468 e. The molecule has 0 aliphatic rings. The van der Waals surface area contributed by atoms with Crippen molar-refractivity contribution in [3.8, 4) is 11.4 Å². The third-order valence-electron chi connectivity index (χ3n) is 5.71. The van der Waals surface area contributed by atoms with Gasteiger partial charge in [0.2, 0.25) is 0 Å². The monoisotopic (exact) mass is 538 g/mol. The second-order valence-corrected chi connectivity index (χ2v) is 9.11. The number of rotatable bonds is 9.